The number of hydrogen-bond donors (Lipinski definition) is 4. The second kappa shape index (κ2) is 6.53. The highest BCUT2D eigenvalue weighted by molar-refractivity contribution is 5.83. The number of carboxylic acid groups (broad SMARTS) is 1. The lowest BCUT2D eigenvalue weighted by Gasteiger charge is -2.29. The number of β-amino-alcohol motifs (C(OH)–C–C–N with tert-alkyl or cyclic N) is 1. The molecule has 1 saturated heterocycles. The molecule has 2 atom stereocenters. The van der Waals surface area contributed by atoms with Gasteiger partial charge in [-0.05, 0) is 0 Å². The third-order valence-electron chi connectivity index (χ3n) is 2.82. The van der Waals surface area contributed by atoms with Crippen LogP contribution in [0.15, 0.2) is 0 Å². The van der Waals surface area contributed by atoms with Crippen LogP contribution in [0, 0.1) is 0 Å². The van der Waals surface area contributed by atoms with Crippen LogP contribution in [0.2, 0.25) is 0 Å². The van der Waals surface area contributed by atoms with Gasteiger partial charge in [-0.2, -0.15) is 0 Å². The van der Waals surface area contributed by atoms with E-state index in [1.807, 2.05) is 0 Å². The summed E-state index contributed by atoms with van der Waals surface area (Å²) in [6.07, 6.45) is -0.868. The zero-order chi connectivity index (χ0) is 13.7. The van der Waals surface area contributed by atoms with Gasteiger partial charge in [-0.3, -0.25) is 0 Å². The second-order valence-electron chi connectivity index (χ2n) is 4.11. The Balaban J connectivity index is 2.76. The molecule has 0 radical (unpaired) electrons. The fraction of sp³-hybridized carbons (Fsp3) is 0.800. The molecule has 0 aromatic heterocycles. The van der Waals surface area contributed by atoms with E-state index in [0.29, 0.717) is 0 Å². The van der Waals surface area contributed by atoms with Crippen molar-refractivity contribution in [1.29, 1.82) is 0 Å². The van der Waals surface area contributed by atoms with Gasteiger partial charge in [-0.1, -0.05) is 0 Å². The van der Waals surface area contributed by atoms with E-state index in [4.69, 9.17) is 15.3 Å². The molecular formula is C10H18N2O6. The summed E-state index contributed by atoms with van der Waals surface area (Å²) in [6, 6.07) is -1.66. The molecule has 0 saturated carbocycles. The fourth-order valence-electron chi connectivity index (χ4n) is 1.99. The first-order valence-electron chi connectivity index (χ1n) is 5.69. The van der Waals surface area contributed by atoms with Gasteiger partial charge >= 0.3 is 12.0 Å². The Kier molecular flexibility index (Phi) is 5.32. The van der Waals surface area contributed by atoms with Crippen molar-refractivity contribution in [2.75, 3.05) is 32.8 Å². The average Bonchev–Trinajstić information content (AvgIpc) is 2.70. The Morgan fingerprint density at radius 1 is 1.22 bits per heavy atom. The number of rotatable bonds is 5. The summed E-state index contributed by atoms with van der Waals surface area (Å²) in [5, 5.41) is 36.0. The minimum absolute atomic E-state index is 0.00678. The summed E-state index contributed by atoms with van der Waals surface area (Å²) in [5.41, 5.74) is 0. The third-order valence-corrected chi connectivity index (χ3v) is 2.82. The van der Waals surface area contributed by atoms with Crippen LogP contribution in [0.25, 0.3) is 0 Å². The lowest BCUT2D eigenvalue weighted by molar-refractivity contribution is -0.141. The number of urea groups is 1. The van der Waals surface area contributed by atoms with E-state index in [1.54, 1.807) is 0 Å². The topological polar surface area (TPSA) is 122 Å². The molecule has 1 rings (SSSR count). The summed E-state index contributed by atoms with van der Waals surface area (Å²) in [7, 11) is 0. The van der Waals surface area contributed by atoms with Crippen molar-refractivity contribution >= 4 is 12.0 Å². The molecule has 1 fully saturated rings. The molecule has 1 aliphatic heterocycles. The number of likely N-dealkylation sites (tertiary alicyclic amines) is 1. The summed E-state index contributed by atoms with van der Waals surface area (Å²) in [4.78, 5) is 25.2. The zero-order valence-corrected chi connectivity index (χ0v) is 9.90. The summed E-state index contributed by atoms with van der Waals surface area (Å²) in [5.74, 6) is -1.17. The number of amides is 2. The quantitative estimate of drug-likeness (QED) is 0.451. The van der Waals surface area contributed by atoms with E-state index < -0.39 is 24.1 Å². The van der Waals surface area contributed by atoms with Crippen molar-refractivity contribution < 1.29 is 30.0 Å². The Morgan fingerprint density at radius 3 is 2.22 bits per heavy atom. The molecule has 0 spiro atoms. The number of carbonyl (C=O) groups is 2. The molecular weight excluding hydrogens is 244 g/mol. The molecule has 4 N–H and O–H groups in total. The van der Waals surface area contributed by atoms with E-state index in [2.05, 4.69) is 0 Å². The van der Waals surface area contributed by atoms with Crippen LogP contribution in [0.3, 0.4) is 0 Å². The largest absolute Gasteiger partial charge is 0.480 e. The first kappa shape index (κ1) is 14.7. The maximum Gasteiger partial charge on any atom is 0.326 e. The zero-order valence-electron chi connectivity index (χ0n) is 9.90. The SMILES string of the molecule is O=C(O)C1CC(O)CN1C(=O)N(CCO)CCO. The van der Waals surface area contributed by atoms with Crippen molar-refractivity contribution in [2.24, 2.45) is 0 Å². The number of aliphatic hydroxyl groups is 3. The molecule has 8 nitrogen and oxygen atoms in total. The molecule has 8 heteroatoms. The maximum absolute atomic E-state index is 12.0. The monoisotopic (exact) mass is 262 g/mol. The molecule has 0 aromatic carbocycles. The van der Waals surface area contributed by atoms with Crippen LogP contribution < -0.4 is 0 Å². The summed E-state index contributed by atoms with van der Waals surface area (Å²) in [6.45, 7) is -0.584. The van der Waals surface area contributed by atoms with Gasteiger partial charge in [-0.15, -0.1) is 0 Å². The fourth-order valence-corrected chi connectivity index (χ4v) is 1.99. The van der Waals surface area contributed by atoms with Crippen LogP contribution in [0.1, 0.15) is 6.42 Å². The van der Waals surface area contributed by atoms with E-state index in [-0.39, 0.29) is 39.3 Å². The number of aliphatic hydroxyl groups excluding tert-OH is 3. The van der Waals surface area contributed by atoms with Gasteiger partial charge in [0, 0.05) is 26.1 Å². The standard InChI is InChI=1S/C10H18N2O6/c13-3-1-11(2-4-14)10(18)12-6-7(15)5-8(12)9(16)17/h7-8,13-15H,1-6H2,(H,16,17). The van der Waals surface area contributed by atoms with Gasteiger partial charge in [-0.25, -0.2) is 9.59 Å². The predicted molar refractivity (Wildman–Crippen MR) is 59.9 cm³/mol. The molecule has 2 unspecified atom stereocenters. The Hall–Kier alpha value is -1.38. The van der Waals surface area contributed by atoms with Crippen molar-refractivity contribution in [3.8, 4) is 0 Å². The minimum atomic E-state index is -1.17. The van der Waals surface area contributed by atoms with Crippen molar-refractivity contribution in [3.63, 3.8) is 0 Å². The Bertz CT molecular complexity index is 305. The number of nitrogens with zero attached hydrogens (tertiary/aromatic N) is 2. The van der Waals surface area contributed by atoms with E-state index in [9.17, 15) is 14.7 Å². The van der Waals surface area contributed by atoms with Crippen molar-refractivity contribution in [1.82, 2.24) is 9.80 Å². The van der Waals surface area contributed by atoms with Gasteiger partial charge in [0.1, 0.15) is 6.04 Å². The highest BCUT2D eigenvalue weighted by atomic mass is 16.4. The Labute approximate surface area is 104 Å². The molecule has 18 heavy (non-hydrogen) atoms. The van der Waals surface area contributed by atoms with Gasteiger partial charge in [0.25, 0.3) is 0 Å². The molecule has 0 aromatic rings. The van der Waals surface area contributed by atoms with E-state index in [0.717, 1.165) is 9.80 Å². The average molecular weight is 262 g/mol. The first-order valence-corrected chi connectivity index (χ1v) is 5.69. The molecule has 0 aliphatic carbocycles. The van der Waals surface area contributed by atoms with Gasteiger partial charge < -0.3 is 30.2 Å². The highest BCUT2D eigenvalue weighted by Gasteiger charge is 2.40. The number of carboxylic acids is 1. The van der Waals surface area contributed by atoms with Crippen molar-refractivity contribution in [2.45, 2.75) is 18.6 Å². The molecule has 0 bridgehead atoms. The first-order chi connectivity index (χ1) is 8.51. The molecule has 104 valence electrons. The van der Waals surface area contributed by atoms with Gasteiger partial charge in [0.05, 0.1) is 19.3 Å². The smallest absolute Gasteiger partial charge is 0.326 e. The molecule has 2 amide bonds. The summed E-state index contributed by atoms with van der Waals surface area (Å²) < 4.78 is 0. The number of carbonyl (C=O) groups excluding carboxylic acids is 1. The summed E-state index contributed by atoms with van der Waals surface area (Å²) >= 11 is 0. The van der Waals surface area contributed by atoms with Gasteiger partial charge in [0.2, 0.25) is 0 Å². The molecule has 1 aliphatic rings. The van der Waals surface area contributed by atoms with Crippen LogP contribution in [0.4, 0.5) is 4.79 Å². The number of hydrogen-bond acceptors (Lipinski definition) is 5. The third kappa shape index (κ3) is 3.31. The Morgan fingerprint density at radius 2 is 1.78 bits per heavy atom. The van der Waals surface area contributed by atoms with Crippen molar-refractivity contribution in [3.05, 3.63) is 0 Å². The minimum Gasteiger partial charge on any atom is -0.480 e. The van der Waals surface area contributed by atoms with Crippen LogP contribution in [-0.4, -0.2) is 87.2 Å². The normalized spacial score (nSPS) is 23.2. The lowest BCUT2D eigenvalue weighted by Crippen LogP contribution is -2.49. The maximum atomic E-state index is 12.0. The highest BCUT2D eigenvalue weighted by Crippen LogP contribution is 2.19. The number of aliphatic carboxylic acids is 1. The van der Waals surface area contributed by atoms with E-state index in [1.165, 1.54) is 0 Å². The van der Waals surface area contributed by atoms with Crippen LogP contribution >= 0.6 is 0 Å². The van der Waals surface area contributed by atoms with Crippen LogP contribution in [0.5, 0.6) is 0 Å². The lowest BCUT2D eigenvalue weighted by atomic mass is 10.2. The predicted octanol–water partition coefficient (Wildman–Crippen LogP) is -2.09. The van der Waals surface area contributed by atoms with Crippen LogP contribution in [-0.2, 0) is 4.79 Å². The van der Waals surface area contributed by atoms with E-state index >= 15 is 0 Å². The second-order valence-corrected chi connectivity index (χ2v) is 4.11. The van der Waals surface area contributed by atoms with Gasteiger partial charge in [0.15, 0.2) is 0 Å². The molecule has 1 heterocycles.